The number of fused-ring (bicyclic) bond motifs is 1. The summed E-state index contributed by atoms with van der Waals surface area (Å²) in [4.78, 5) is 4.59. The van der Waals surface area contributed by atoms with Crippen LogP contribution in [0.1, 0.15) is 31.0 Å². The van der Waals surface area contributed by atoms with E-state index in [9.17, 15) is 0 Å². The Morgan fingerprint density at radius 3 is 3.20 bits per heavy atom. The van der Waals surface area contributed by atoms with E-state index in [-0.39, 0.29) is 0 Å². The van der Waals surface area contributed by atoms with Crippen LogP contribution in [0.15, 0.2) is 12.1 Å². The summed E-state index contributed by atoms with van der Waals surface area (Å²) in [6.45, 7) is 2.75. The molecular formula is C13H16N2. The van der Waals surface area contributed by atoms with Crippen LogP contribution in [0, 0.1) is 11.8 Å². The Kier molecular flexibility index (Phi) is 3.24. The number of nitrogens with zero attached hydrogens (tertiary/aromatic N) is 1. The van der Waals surface area contributed by atoms with Crippen LogP contribution in [0.5, 0.6) is 0 Å². The average molecular weight is 200 g/mol. The predicted octanol–water partition coefficient (Wildman–Crippen LogP) is 2.40. The molecule has 2 rings (SSSR count). The molecule has 1 aromatic heterocycles. The highest BCUT2D eigenvalue weighted by Crippen LogP contribution is 2.21. The number of rotatable bonds is 3. The van der Waals surface area contributed by atoms with Crippen molar-refractivity contribution < 1.29 is 0 Å². The maximum Gasteiger partial charge on any atom is 0.126 e. The number of hydrogen-bond acceptors (Lipinski definition) is 2. The Morgan fingerprint density at radius 1 is 1.40 bits per heavy atom. The SMILES string of the molecule is CC#CCCNc1ccc2c(n1)CCC2. The summed E-state index contributed by atoms with van der Waals surface area (Å²) < 4.78 is 0. The lowest BCUT2D eigenvalue weighted by Gasteiger charge is -2.05. The highest BCUT2D eigenvalue weighted by Gasteiger charge is 2.11. The normalized spacial score (nSPS) is 12.9. The molecule has 1 aromatic rings. The molecule has 0 aromatic carbocycles. The molecule has 15 heavy (non-hydrogen) atoms. The van der Waals surface area contributed by atoms with E-state index in [1.165, 1.54) is 24.1 Å². The summed E-state index contributed by atoms with van der Waals surface area (Å²) in [6, 6.07) is 4.27. The van der Waals surface area contributed by atoms with Crippen LogP contribution in [0.2, 0.25) is 0 Å². The molecule has 78 valence electrons. The predicted molar refractivity (Wildman–Crippen MR) is 62.8 cm³/mol. The van der Waals surface area contributed by atoms with Crippen molar-refractivity contribution in [3.63, 3.8) is 0 Å². The van der Waals surface area contributed by atoms with Gasteiger partial charge in [0.15, 0.2) is 0 Å². The average Bonchev–Trinajstić information content (AvgIpc) is 2.71. The van der Waals surface area contributed by atoms with E-state index >= 15 is 0 Å². The van der Waals surface area contributed by atoms with Gasteiger partial charge >= 0.3 is 0 Å². The van der Waals surface area contributed by atoms with Crippen molar-refractivity contribution in [2.45, 2.75) is 32.6 Å². The molecule has 0 saturated carbocycles. The lowest BCUT2D eigenvalue weighted by Crippen LogP contribution is -2.03. The number of hydrogen-bond donors (Lipinski definition) is 1. The first-order valence-corrected chi connectivity index (χ1v) is 5.52. The second kappa shape index (κ2) is 4.84. The van der Waals surface area contributed by atoms with Crippen LogP contribution in [-0.2, 0) is 12.8 Å². The number of anilines is 1. The number of aryl methyl sites for hydroxylation is 2. The molecule has 0 atom stereocenters. The molecule has 0 unspecified atom stereocenters. The third-order valence-corrected chi connectivity index (χ3v) is 2.66. The smallest absolute Gasteiger partial charge is 0.126 e. The summed E-state index contributed by atoms with van der Waals surface area (Å²) in [5, 5.41) is 3.30. The zero-order valence-electron chi connectivity index (χ0n) is 9.14. The lowest BCUT2D eigenvalue weighted by molar-refractivity contribution is 0.899. The van der Waals surface area contributed by atoms with E-state index in [1.54, 1.807) is 0 Å². The zero-order valence-corrected chi connectivity index (χ0v) is 9.14. The minimum atomic E-state index is 0.882. The third-order valence-electron chi connectivity index (χ3n) is 2.66. The van der Waals surface area contributed by atoms with Crippen molar-refractivity contribution in [2.75, 3.05) is 11.9 Å². The quantitative estimate of drug-likeness (QED) is 0.598. The molecular weight excluding hydrogens is 184 g/mol. The van der Waals surface area contributed by atoms with E-state index in [2.05, 4.69) is 34.3 Å². The highest BCUT2D eigenvalue weighted by molar-refractivity contribution is 5.40. The molecule has 2 heteroatoms. The lowest BCUT2D eigenvalue weighted by atomic mass is 10.2. The minimum absolute atomic E-state index is 0.882. The van der Waals surface area contributed by atoms with Gasteiger partial charge in [0, 0.05) is 18.7 Å². The van der Waals surface area contributed by atoms with Crippen molar-refractivity contribution in [3.8, 4) is 11.8 Å². The Balaban J connectivity index is 1.94. The van der Waals surface area contributed by atoms with Crippen molar-refractivity contribution >= 4 is 5.82 Å². The molecule has 0 aliphatic heterocycles. The van der Waals surface area contributed by atoms with E-state index in [0.717, 1.165) is 25.2 Å². The second-order valence-corrected chi connectivity index (χ2v) is 3.76. The van der Waals surface area contributed by atoms with Gasteiger partial charge in [0.05, 0.1) is 0 Å². The molecule has 0 radical (unpaired) electrons. The zero-order chi connectivity index (χ0) is 10.5. The molecule has 0 fully saturated rings. The number of nitrogens with one attached hydrogen (secondary N) is 1. The van der Waals surface area contributed by atoms with E-state index in [1.807, 2.05) is 6.92 Å². The van der Waals surface area contributed by atoms with Crippen LogP contribution in [0.4, 0.5) is 5.82 Å². The fourth-order valence-corrected chi connectivity index (χ4v) is 1.90. The number of aromatic nitrogens is 1. The van der Waals surface area contributed by atoms with Gasteiger partial charge in [-0.2, -0.15) is 0 Å². The minimum Gasteiger partial charge on any atom is -0.369 e. The van der Waals surface area contributed by atoms with Crippen LogP contribution in [-0.4, -0.2) is 11.5 Å². The van der Waals surface area contributed by atoms with Gasteiger partial charge in [-0.1, -0.05) is 6.07 Å². The second-order valence-electron chi connectivity index (χ2n) is 3.76. The molecule has 1 aliphatic rings. The highest BCUT2D eigenvalue weighted by atomic mass is 15.0. The van der Waals surface area contributed by atoms with Gasteiger partial charge in [0.1, 0.15) is 5.82 Å². The van der Waals surface area contributed by atoms with Crippen LogP contribution in [0.3, 0.4) is 0 Å². The van der Waals surface area contributed by atoms with E-state index in [0.29, 0.717) is 0 Å². The topological polar surface area (TPSA) is 24.9 Å². The molecule has 0 amide bonds. The van der Waals surface area contributed by atoms with E-state index in [4.69, 9.17) is 0 Å². The summed E-state index contributed by atoms with van der Waals surface area (Å²) in [7, 11) is 0. The fraction of sp³-hybridized carbons (Fsp3) is 0.462. The molecule has 1 N–H and O–H groups in total. The van der Waals surface area contributed by atoms with Gasteiger partial charge in [-0.15, -0.1) is 11.8 Å². The molecule has 0 saturated heterocycles. The largest absolute Gasteiger partial charge is 0.369 e. The Morgan fingerprint density at radius 2 is 2.33 bits per heavy atom. The number of pyridine rings is 1. The first-order chi connectivity index (χ1) is 7.40. The Bertz CT molecular complexity index is 399. The van der Waals surface area contributed by atoms with Crippen molar-refractivity contribution in [3.05, 3.63) is 23.4 Å². The summed E-state index contributed by atoms with van der Waals surface area (Å²) in [5.74, 6) is 6.91. The van der Waals surface area contributed by atoms with E-state index < -0.39 is 0 Å². The van der Waals surface area contributed by atoms with Crippen LogP contribution >= 0.6 is 0 Å². The first-order valence-electron chi connectivity index (χ1n) is 5.52. The van der Waals surface area contributed by atoms with Gasteiger partial charge < -0.3 is 5.32 Å². The first kappa shape index (κ1) is 10.0. The molecule has 0 spiro atoms. The molecule has 1 heterocycles. The van der Waals surface area contributed by atoms with Crippen molar-refractivity contribution in [2.24, 2.45) is 0 Å². The molecule has 0 bridgehead atoms. The molecule has 2 nitrogen and oxygen atoms in total. The van der Waals surface area contributed by atoms with Gasteiger partial charge in [-0.05, 0) is 37.8 Å². The summed E-state index contributed by atoms with van der Waals surface area (Å²) in [5.41, 5.74) is 2.70. The van der Waals surface area contributed by atoms with Gasteiger partial charge in [0.2, 0.25) is 0 Å². The summed E-state index contributed by atoms with van der Waals surface area (Å²) >= 11 is 0. The van der Waals surface area contributed by atoms with Gasteiger partial charge in [-0.3, -0.25) is 0 Å². The van der Waals surface area contributed by atoms with Gasteiger partial charge in [-0.25, -0.2) is 4.98 Å². The van der Waals surface area contributed by atoms with Crippen LogP contribution in [0.25, 0.3) is 0 Å². The Hall–Kier alpha value is -1.49. The maximum absolute atomic E-state index is 4.59. The van der Waals surface area contributed by atoms with Gasteiger partial charge in [0.25, 0.3) is 0 Å². The standard InChI is InChI=1S/C13H16N2/c1-2-3-4-10-14-13-9-8-11-6-5-7-12(11)15-13/h8-9H,4-7,10H2,1H3,(H,14,15). The fourth-order valence-electron chi connectivity index (χ4n) is 1.90. The third kappa shape index (κ3) is 2.50. The Labute approximate surface area is 91.1 Å². The van der Waals surface area contributed by atoms with Crippen LogP contribution < -0.4 is 5.32 Å². The van der Waals surface area contributed by atoms with Crippen molar-refractivity contribution in [1.82, 2.24) is 4.98 Å². The maximum atomic E-state index is 4.59. The summed E-state index contributed by atoms with van der Waals surface area (Å²) in [6.07, 6.45) is 4.48. The van der Waals surface area contributed by atoms with Crippen molar-refractivity contribution in [1.29, 1.82) is 0 Å². The molecule has 1 aliphatic carbocycles. The monoisotopic (exact) mass is 200 g/mol.